The molecule has 1 atom stereocenters. The Morgan fingerprint density at radius 2 is 2.00 bits per heavy atom. The first-order valence-electron chi connectivity index (χ1n) is 4.99. The van der Waals surface area contributed by atoms with Crippen molar-refractivity contribution in [3.05, 3.63) is 0 Å². The van der Waals surface area contributed by atoms with Gasteiger partial charge >= 0.3 is 0 Å². The third kappa shape index (κ3) is 9.80. The second kappa shape index (κ2) is 6.35. The molecule has 3 nitrogen and oxygen atoms in total. The molecule has 0 aliphatic heterocycles. The predicted molar refractivity (Wildman–Crippen MR) is 54.7 cm³/mol. The molecule has 0 radical (unpaired) electrons. The van der Waals surface area contributed by atoms with Gasteiger partial charge in [-0.15, -0.1) is 0 Å². The Kier molecular flexibility index (Phi) is 6.29. The summed E-state index contributed by atoms with van der Waals surface area (Å²) in [5.74, 6) is 0.506. The highest BCUT2D eigenvalue weighted by Gasteiger charge is 2.11. The van der Waals surface area contributed by atoms with Crippen LogP contribution in [0, 0.1) is 5.92 Å². The van der Waals surface area contributed by atoms with Gasteiger partial charge in [0.15, 0.2) is 0 Å². The van der Waals surface area contributed by atoms with Gasteiger partial charge in [-0.25, -0.2) is 0 Å². The van der Waals surface area contributed by atoms with E-state index in [-0.39, 0.29) is 6.61 Å². The molecule has 0 rings (SSSR count). The van der Waals surface area contributed by atoms with Crippen molar-refractivity contribution in [3.8, 4) is 0 Å². The van der Waals surface area contributed by atoms with Crippen LogP contribution in [0.5, 0.6) is 0 Å². The van der Waals surface area contributed by atoms with Crippen molar-refractivity contribution in [2.24, 2.45) is 5.92 Å². The lowest BCUT2D eigenvalue weighted by atomic mass is 10.1. The van der Waals surface area contributed by atoms with Gasteiger partial charge in [0.1, 0.15) is 0 Å². The van der Waals surface area contributed by atoms with E-state index in [1.807, 2.05) is 13.8 Å². The normalized spacial score (nSPS) is 14.5. The topological polar surface area (TPSA) is 52.5 Å². The van der Waals surface area contributed by atoms with Gasteiger partial charge in [-0.05, 0) is 45.7 Å². The van der Waals surface area contributed by atoms with Crippen LogP contribution in [0.3, 0.4) is 0 Å². The summed E-state index contributed by atoms with van der Waals surface area (Å²) < 4.78 is 0. The van der Waals surface area contributed by atoms with Crippen LogP contribution in [0.15, 0.2) is 0 Å². The molecule has 0 amide bonds. The maximum Gasteiger partial charge on any atom is 0.0603 e. The predicted octanol–water partition coefficient (Wildman–Crippen LogP) is 0.756. The number of nitrogens with one attached hydrogen (secondary N) is 1. The molecule has 0 aliphatic carbocycles. The van der Waals surface area contributed by atoms with Crippen molar-refractivity contribution in [2.45, 2.75) is 39.2 Å². The molecule has 0 aliphatic rings. The van der Waals surface area contributed by atoms with Crippen molar-refractivity contribution in [3.63, 3.8) is 0 Å². The number of aliphatic hydroxyl groups excluding tert-OH is 1. The molecule has 3 N–H and O–H groups in total. The smallest absolute Gasteiger partial charge is 0.0603 e. The molecule has 0 saturated heterocycles. The fourth-order valence-corrected chi connectivity index (χ4v) is 1.07. The van der Waals surface area contributed by atoms with Crippen molar-refractivity contribution >= 4 is 0 Å². The summed E-state index contributed by atoms with van der Waals surface area (Å²) in [7, 11) is 0. The lowest BCUT2D eigenvalue weighted by Gasteiger charge is -2.18. The minimum absolute atomic E-state index is 0.258. The van der Waals surface area contributed by atoms with Crippen LogP contribution in [-0.4, -0.2) is 35.5 Å². The Bertz CT molecular complexity index is 121. The Morgan fingerprint density at radius 3 is 2.46 bits per heavy atom. The van der Waals surface area contributed by atoms with Crippen molar-refractivity contribution in [1.82, 2.24) is 5.32 Å². The lowest BCUT2D eigenvalue weighted by Crippen LogP contribution is -2.29. The minimum atomic E-state index is -0.576. The van der Waals surface area contributed by atoms with E-state index in [4.69, 9.17) is 5.11 Å². The molecule has 0 fully saturated rings. The number of hydrogen-bond donors (Lipinski definition) is 3. The molecule has 0 aromatic carbocycles. The van der Waals surface area contributed by atoms with Crippen LogP contribution >= 0.6 is 0 Å². The molecule has 0 saturated carbocycles. The van der Waals surface area contributed by atoms with Gasteiger partial charge in [0.05, 0.1) is 5.60 Å². The van der Waals surface area contributed by atoms with Crippen LogP contribution < -0.4 is 5.32 Å². The van der Waals surface area contributed by atoms with Gasteiger partial charge in [0.25, 0.3) is 0 Å². The van der Waals surface area contributed by atoms with Crippen LogP contribution in [0.1, 0.15) is 33.6 Å². The van der Waals surface area contributed by atoms with Gasteiger partial charge in [-0.1, -0.05) is 6.92 Å². The zero-order valence-electron chi connectivity index (χ0n) is 9.01. The second-order valence-corrected chi connectivity index (χ2v) is 4.38. The second-order valence-electron chi connectivity index (χ2n) is 4.38. The van der Waals surface area contributed by atoms with Gasteiger partial charge in [-0.3, -0.25) is 0 Å². The zero-order chi connectivity index (χ0) is 10.3. The molecule has 80 valence electrons. The molecule has 0 spiro atoms. The highest BCUT2D eigenvalue weighted by molar-refractivity contribution is 4.67. The van der Waals surface area contributed by atoms with Crippen LogP contribution in [-0.2, 0) is 0 Å². The van der Waals surface area contributed by atoms with Crippen LogP contribution in [0.25, 0.3) is 0 Å². The fourth-order valence-electron chi connectivity index (χ4n) is 1.07. The first-order chi connectivity index (χ1) is 5.95. The molecule has 13 heavy (non-hydrogen) atoms. The first-order valence-corrected chi connectivity index (χ1v) is 4.99. The molecular formula is C10H23NO2. The molecule has 0 heterocycles. The van der Waals surface area contributed by atoms with E-state index < -0.39 is 5.60 Å². The minimum Gasteiger partial charge on any atom is -0.396 e. The van der Waals surface area contributed by atoms with Crippen LogP contribution in [0.4, 0.5) is 0 Å². The quantitative estimate of drug-likeness (QED) is 0.518. The zero-order valence-corrected chi connectivity index (χ0v) is 9.01. The Hall–Kier alpha value is -0.120. The summed E-state index contributed by atoms with van der Waals surface area (Å²) >= 11 is 0. The Morgan fingerprint density at radius 1 is 1.38 bits per heavy atom. The maximum atomic E-state index is 9.41. The van der Waals surface area contributed by atoms with E-state index in [0.29, 0.717) is 5.92 Å². The molecule has 0 bridgehead atoms. The number of hydrogen-bond acceptors (Lipinski definition) is 3. The van der Waals surface area contributed by atoms with E-state index in [1.54, 1.807) is 0 Å². The van der Waals surface area contributed by atoms with Crippen molar-refractivity contribution in [2.75, 3.05) is 19.7 Å². The lowest BCUT2D eigenvalue weighted by molar-refractivity contribution is 0.0709. The SMILES string of the molecule is CC(CCO)CNCCC(C)(C)O. The summed E-state index contributed by atoms with van der Waals surface area (Å²) in [4.78, 5) is 0. The summed E-state index contributed by atoms with van der Waals surface area (Å²) in [6.07, 6.45) is 1.61. The summed E-state index contributed by atoms with van der Waals surface area (Å²) in [5, 5.41) is 21.3. The molecule has 1 unspecified atom stereocenters. The first kappa shape index (κ1) is 12.9. The van der Waals surface area contributed by atoms with E-state index in [2.05, 4.69) is 12.2 Å². The average Bonchev–Trinajstić information content (AvgIpc) is 1.97. The molecule has 0 aromatic rings. The van der Waals surface area contributed by atoms with Gasteiger partial charge in [0.2, 0.25) is 0 Å². The highest BCUT2D eigenvalue weighted by atomic mass is 16.3. The Balaban J connectivity index is 3.25. The highest BCUT2D eigenvalue weighted by Crippen LogP contribution is 2.05. The van der Waals surface area contributed by atoms with Gasteiger partial charge < -0.3 is 15.5 Å². The maximum absolute atomic E-state index is 9.41. The third-order valence-electron chi connectivity index (χ3n) is 2.03. The summed E-state index contributed by atoms with van der Waals surface area (Å²) in [5.41, 5.74) is -0.576. The van der Waals surface area contributed by atoms with Crippen LogP contribution in [0.2, 0.25) is 0 Å². The standard InChI is InChI=1S/C10H23NO2/c1-9(4-7-12)8-11-6-5-10(2,3)13/h9,11-13H,4-8H2,1-3H3. The summed E-state index contributed by atoms with van der Waals surface area (Å²) in [6.45, 7) is 7.73. The van der Waals surface area contributed by atoms with E-state index in [1.165, 1.54) is 0 Å². The average molecular weight is 189 g/mol. The van der Waals surface area contributed by atoms with Gasteiger partial charge in [0, 0.05) is 6.61 Å². The largest absolute Gasteiger partial charge is 0.396 e. The summed E-state index contributed by atoms with van der Waals surface area (Å²) in [6, 6.07) is 0. The van der Waals surface area contributed by atoms with Gasteiger partial charge in [-0.2, -0.15) is 0 Å². The number of rotatable bonds is 7. The Labute approximate surface area is 81.2 Å². The van der Waals surface area contributed by atoms with Crippen molar-refractivity contribution in [1.29, 1.82) is 0 Å². The van der Waals surface area contributed by atoms with Crippen molar-refractivity contribution < 1.29 is 10.2 Å². The number of aliphatic hydroxyl groups is 2. The van der Waals surface area contributed by atoms with E-state index in [9.17, 15) is 5.11 Å². The van der Waals surface area contributed by atoms with E-state index in [0.717, 1.165) is 25.9 Å². The van der Waals surface area contributed by atoms with E-state index >= 15 is 0 Å². The molecule has 3 heteroatoms. The fraction of sp³-hybridized carbons (Fsp3) is 1.00. The molecule has 0 aromatic heterocycles. The third-order valence-corrected chi connectivity index (χ3v) is 2.03. The monoisotopic (exact) mass is 189 g/mol. The molecular weight excluding hydrogens is 166 g/mol.